The summed E-state index contributed by atoms with van der Waals surface area (Å²) < 4.78 is 98.4. The topological polar surface area (TPSA) is 187 Å². The van der Waals surface area contributed by atoms with Crippen molar-refractivity contribution in [2.45, 2.75) is 49.7 Å². The standard InChI is InChI=1S/2C23H20F3N3O4/c2*24-23(25,26)22(30,15-27-12-18-7-4-10-33-18)20-14-28(13-16-5-2-1-3-6-16)21-11-17(29(31)32)8-9-19(20)21/h2*1-11,14,27,30H,12-13,15H2. The van der Waals surface area contributed by atoms with Crippen LogP contribution >= 0.6 is 0 Å². The molecule has 0 radical (unpaired) electrons. The highest BCUT2D eigenvalue weighted by molar-refractivity contribution is 5.88. The van der Waals surface area contributed by atoms with Crippen LogP contribution in [0, 0.1) is 20.2 Å². The second-order valence-corrected chi connectivity index (χ2v) is 15.3. The van der Waals surface area contributed by atoms with Gasteiger partial charge in [-0.25, -0.2) is 0 Å². The lowest BCUT2D eigenvalue weighted by molar-refractivity contribution is -0.384. The van der Waals surface area contributed by atoms with Crippen molar-refractivity contribution in [2.24, 2.45) is 0 Å². The highest BCUT2D eigenvalue weighted by Crippen LogP contribution is 2.44. The number of nitro benzene ring substituents is 2. The van der Waals surface area contributed by atoms with E-state index in [4.69, 9.17) is 8.83 Å². The Morgan fingerprint density at radius 1 is 0.545 bits per heavy atom. The minimum absolute atomic E-state index is 0.0144. The molecule has 66 heavy (non-hydrogen) atoms. The highest BCUT2D eigenvalue weighted by atomic mass is 19.4. The van der Waals surface area contributed by atoms with Crippen LogP contribution in [0.4, 0.5) is 37.7 Å². The first-order valence-electron chi connectivity index (χ1n) is 20.1. The highest BCUT2D eigenvalue weighted by Gasteiger charge is 2.57. The van der Waals surface area contributed by atoms with Crippen molar-refractivity contribution in [1.82, 2.24) is 19.8 Å². The lowest BCUT2D eigenvalue weighted by atomic mass is 9.92. The molecule has 4 aromatic heterocycles. The third-order valence-corrected chi connectivity index (χ3v) is 10.9. The summed E-state index contributed by atoms with van der Waals surface area (Å²) in [5, 5.41) is 49.8. The van der Waals surface area contributed by atoms with Crippen LogP contribution in [-0.4, -0.2) is 54.6 Å². The van der Waals surface area contributed by atoms with Gasteiger partial charge < -0.3 is 38.8 Å². The number of hydrogen-bond donors (Lipinski definition) is 4. The molecule has 0 saturated heterocycles. The van der Waals surface area contributed by atoms with Gasteiger partial charge in [-0.3, -0.25) is 20.2 Å². The van der Waals surface area contributed by atoms with Gasteiger partial charge in [0.15, 0.2) is 11.2 Å². The molecule has 0 aliphatic rings. The van der Waals surface area contributed by atoms with Gasteiger partial charge in [-0.2, -0.15) is 26.3 Å². The van der Waals surface area contributed by atoms with Gasteiger partial charge in [0.1, 0.15) is 11.5 Å². The zero-order valence-corrected chi connectivity index (χ0v) is 34.5. The van der Waals surface area contributed by atoms with E-state index in [0.29, 0.717) is 11.5 Å². The summed E-state index contributed by atoms with van der Waals surface area (Å²) in [6.07, 6.45) is -4.81. The maximum absolute atomic E-state index is 14.2. The summed E-state index contributed by atoms with van der Waals surface area (Å²) in [5.74, 6) is 0.836. The Hall–Kier alpha value is -7.26. The molecular weight excluding hydrogens is 879 g/mol. The van der Waals surface area contributed by atoms with Gasteiger partial charge in [0.2, 0.25) is 0 Å². The number of fused-ring (bicyclic) bond motifs is 2. The van der Waals surface area contributed by atoms with E-state index in [-0.39, 0.29) is 70.5 Å². The summed E-state index contributed by atoms with van der Waals surface area (Å²) in [4.78, 5) is 21.3. The Morgan fingerprint density at radius 3 is 1.24 bits per heavy atom. The van der Waals surface area contributed by atoms with Crippen LogP contribution in [0.5, 0.6) is 0 Å². The number of aliphatic hydroxyl groups is 2. The maximum atomic E-state index is 14.2. The summed E-state index contributed by atoms with van der Waals surface area (Å²) in [6, 6.07) is 31.5. The molecule has 14 nitrogen and oxygen atoms in total. The van der Waals surface area contributed by atoms with E-state index in [1.54, 1.807) is 84.9 Å². The van der Waals surface area contributed by atoms with Crippen LogP contribution in [-0.2, 0) is 37.4 Å². The molecule has 20 heteroatoms. The van der Waals surface area contributed by atoms with Crippen molar-refractivity contribution in [3.63, 3.8) is 0 Å². The Balaban J connectivity index is 0.000000196. The van der Waals surface area contributed by atoms with Crippen LogP contribution in [0.15, 0.2) is 155 Å². The van der Waals surface area contributed by atoms with Gasteiger partial charge in [-0.05, 0) is 47.5 Å². The van der Waals surface area contributed by atoms with Gasteiger partial charge in [0, 0.05) is 84.7 Å². The molecule has 2 unspecified atom stereocenters. The first kappa shape index (κ1) is 46.7. The number of non-ortho nitro benzene ring substituents is 2. The lowest BCUT2D eigenvalue weighted by Crippen LogP contribution is -2.49. The molecule has 344 valence electrons. The van der Waals surface area contributed by atoms with Crippen molar-refractivity contribution in [3.8, 4) is 0 Å². The van der Waals surface area contributed by atoms with E-state index < -0.39 is 46.5 Å². The summed E-state index contributed by atoms with van der Waals surface area (Å²) >= 11 is 0. The van der Waals surface area contributed by atoms with Crippen LogP contribution < -0.4 is 10.6 Å². The van der Waals surface area contributed by atoms with Crippen molar-refractivity contribution in [2.75, 3.05) is 13.1 Å². The second-order valence-electron chi connectivity index (χ2n) is 15.3. The molecule has 8 rings (SSSR count). The fourth-order valence-electron chi connectivity index (χ4n) is 7.52. The van der Waals surface area contributed by atoms with Crippen molar-refractivity contribution in [1.29, 1.82) is 0 Å². The van der Waals surface area contributed by atoms with E-state index in [2.05, 4.69) is 10.6 Å². The molecule has 2 atom stereocenters. The summed E-state index contributed by atoms with van der Waals surface area (Å²) in [6.45, 7) is -1.35. The van der Waals surface area contributed by atoms with Crippen molar-refractivity contribution >= 4 is 33.2 Å². The second kappa shape index (κ2) is 19.1. The smallest absolute Gasteiger partial charge is 0.422 e. The first-order valence-corrected chi connectivity index (χ1v) is 20.1. The molecule has 0 aliphatic carbocycles. The zero-order valence-electron chi connectivity index (χ0n) is 34.5. The number of halogens is 6. The van der Waals surface area contributed by atoms with Crippen LogP contribution in [0.25, 0.3) is 21.8 Å². The summed E-state index contributed by atoms with van der Waals surface area (Å²) in [7, 11) is 0. The van der Waals surface area contributed by atoms with E-state index in [1.807, 2.05) is 0 Å². The number of rotatable bonds is 16. The molecule has 4 aromatic carbocycles. The third-order valence-electron chi connectivity index (χ3n) is 10.9. The first-order chi connectivity index (χ1) is 31.4. The molecular formula is C46H40F6N6O8. The number of alkyl halides is 6. The predicted molar refractivity (Wildman–Crippen MR) is 229 cm³/mol. The number of furan rings is 2. The monoisotopic (exact) mass is 918 g/mol. The lowest BCUT2D eigenvalue weighted by Gasteiger charge is -2.30. The number of nitrogens with one attached hydrogen (secondary N) is 2. The Morgan fingerprint density at radius 2 is 0.924 bits per heavy atom. The number of hydrogen-bond acceptors (Lipinski definition) is 10. The van der Waals surface area contributed by atoms with Crippen LogP contribution in [0.2, 0.25) is 0 Å². The maximum Gasteiger partial charge on any atom is 0.422 e. The van der Waals surface area contributed by atoms with Gasteiger partial charge in [0.25, 0.3) is 11.4 Å². The third kappa shape index (κ3) is 10.0. The average molecular weight is 919 g/mol. The SMILES string of the molecule is O=[N+]([O-])c1ccc2c(C(O)(CNCc3ccco3)C(F)(F)F)cn(Cc3ccccc3)c2c1.O=[N+]([O-])c1ccc2c(C(O)(CNCc3ccco3)C(F)(F)F)cn(Cc3ccccc3)c2c1. The molecule has 0 amide bonds. The Kier molecular flexibility index (Phi) is 13.5. The molecule has 0 bridgehead atoms. The van der Waals surface area contributed by atoms with Crippen molar-refractivity contribution in [3.05, 3.63) is 200 Å². The predicted octanol–water partition coefficient (Wildman–Crippen LogP) is 9.46. The largest absolute Gasteiger partial charge is 0.468 e. The fourth-order valence-corrected chi connectivity index (χ4v) is 7.52. The van der Waals surface area contributed by atoms with E-state index >= 15 is 0 Å². The molecule has 8 aromatic rings. The molecule has 4 heterocycles. The number of nitrogens with zero attached hydrogens (tertiary/aromatic N) is 4. The number of aromatic nitrogens is 2. The van der Waals surface area contributed by atoms with E-state index in [1.165, 1.54) is 58.3 Å². The Labute approximate surface area is 370 Å². The minimum Gasteiger partial charge on any atom is -0.468 e. The molecule has 0 spiro atoms. The number of nitro groups is 2. The normalized spacial score (nSPS) is 13.8. The molecule has 0 fully saturated rings. The molecule has 4 N–H and O–H groups in total. The fraction of sp³-hybridized carbons (Fsp3) is 0.217. The molecule has 0 saturated carbocycles. The van der Waals surface area contributed by atoms with Crippen molar-refractivity contribution < 1.29 is 55.2 Å². The summed E-state index contributed by atoms with van der Waals surface area (Å²) in [5.41, 5.74) is -5.75. The van der Waals surface area contributed by atoms with Crippen LogP contribution in [0.1, 0.15) is 33.8 Å². The zero-order chi connectivity index (χ0) is 47.3. The average Bonchev–Trinajstić information content (AvgIpc) is 4.12. The quantitative estimate of drug-likeness (QED) is 0.0413. The van der Waals surface area contributed by atoms with Gasteiger partial charge in [-0.1, -0.05) is 60.7 Å². The molecule has 0 aliphatic heterocycles. The van der Waals surface area contributed by atoms with Gasteiger partial charge in [-0.15, -0.1) is 0 Å². The van der Waals surface area contributed by atoms with Gasteiger partial charge >= 0.3 is 12.4 Å². The van der Waals surface area contributed by atoms with E-state index in [0.717, 1.165) is 23.3 Å². The van der Waals surface area contributed by atoms with E-state index in [9.17, 15) is 56.8 Å². The van der Waals surface area contributed by atoms with Gasteiger partial charge in [0.05, 0.1) is 46.5 Å². The van der Waals surface area contributed by atoms with Crippen LogP contribution in [0.3, 0.4) is 0 Å². The minimum atomic E-state index is -5.02. The number of benzene rings is 4. The Bertz CT molecular complexity index is 2700.